The van der Waals surface area contributed by atoms with Crippen molar-refractivity contribution in [3.05, 3.63) is 54.9 Å². The lowest BCUT2D eigenvalue weighted by atomic mass is 10.2. The van der Waals surface area contributed by atoms with E-state index in [2.05, 4.69) is 25.4 Å². The topological polar surface area (TPSA) is 85.6 Å². The number of alkyl halides is 3. The molecule has 0 aromatic carbocycles. The largest absolute Gasteiger partial charge is 0.408 e. The van der Waals surface area contributed by atoms with Crippen LogP contribution in [0.5, 0.6) is 0 Å². The number of halogens is 3. The lowest BCUT2D eigenvalue weighted by Crippen LogP contribution is -2.20. The molecule has 3 heterocycles. The highest BCUT2D eigenvalue weighted by Crippen LogP contribution is 2.26. The van der Waals surface area contributed by atoms with Gasteiger partial charge in [-0.3, -0.25) is 24.4 Å². The Kier molecular flexibility index (Phi) is 4.42. The maximum Gasteiger partial charge on any atom is 0.408 e. The standard InChI is InChI=1S/C15H11F3N6O/c16-15(17,18)9-24-13(12-8-20-4-5-21-12)11(7-22-24)14(25)23-10-2-1-3-19-6-10/h1-8H,9H2,(H,23,25). The van der Waals surface area contributed by atoms with Crippen LogP contribution in [0.1, 0.15) is 10.4 Å². The van der Waals surface area contributed by atoms with E-state index in [1.807, 2.05) is 0 Å². The van der Waals surface area contributed by atoms with Gasteiger partial charge in [0.2, 0.25) is 0 Å². The van der Waals surface area contributed by atoms with Gasteiger partial charge in [0.15, 0.2) is 0 Å². The molecule has 3 rings (SSSR count). The van der Waals surface area contributed by atoms with Crippen molar-refractivity contribution in [3.8, 4) is 11.4 Å². The maximum atomic E-state index is 12.8. The van der Waals surface area contributed by atoms with Crippen molar-refractivity contribution in [3.63, 3.8) is 0 Å². The molecule has 3 aromatic heterocycles. The van der Waals surface area contributed by atoms with Gasteiger partial charge in [0.05, 0.1) is 29.8 Å². The fourth-order valence-electron chi connectivity index (χ4n) is 2.17. The quantitative estimate of drug-likeness (QED) is 0.783. The van der Waals surface area contributed by atoms with Crippen LogP contribution in [0.3, 0.4) is 0 Å². The van der Waals surface area contributed by atoms with Crippen molar-refractivity contribution in [2.45, 2.75) is 12.7 Å². The smallest absolute Gasteiger partial charge is 0.320 e. The van der Waals surface area contributed by atoms with Crippen molar-refractivity contribution in [1.29, 1.82) is 0 Å². The van der Waals surface area contributed by atoms with Crippen molar-refractivity contribution in [2.24, 2.45) is 0 Å². The van der Waals surface area contributed by atoms with Gasteiger partial charge in [-0.25, -0.2) is 0 Å². The summed E-state index contributed by atoms with van der Waals surface area (Å²) in [5, 5.41) is 6.25. The van der Waals surface area contributed by atoms with Crippen LogP contribution < -0.4 is 5.32 Å². The predicted molar refractivity (Wildman–Crippen MR) is 81.5 cm³/mol. The van der Waals surface area contributed by atoms with Gasteiger partial charge < -0.3 is 5.32 Å². The number of nitrogens with one attached hydrogen (secondary N) is 1. The van der Waals surface area contributed by atoms with E-state index in [4.69, 9.17) is 0 Å². The molecule has 7 nitrogen and oxygen atoms in total. The van der Waals surface area contributed by atoms with Crippen LogP contribution in [-0.2, 0) is 6.54 Å². The lowest BCUT2D eigenvalue weighted by molar-refractivity contribution is -0.142. The van der Waals surface area contributed by atoms with E-state index in [0.29, 0.717) is 10.4 Å². The zero-order chi connectivity index (χ0) is 17.9. The van der Waals surface area contributed by atoms with E-state index >= 15 is 0 Å². The number of hydrogen-bond acceptors (Lipinski definition) is 5. The molecular weight excluding hydrogens is 337 g/mol. The van der Waals surface area contributed by atoms with Gasteiger partial charge in [-0.1, -0.05) is 0 Å². The van der Waals surface area contributed by atoms with Crippen LogP contribution in [-0.4, -0.2) is 36.8 Å². The molecule has 0 unspecified atom stereocenters. The molecule has 128 valence electrons. The average Bonchev–Trinajstić information content (AvgIpc) is 2.98. The normalized spacial score (nSPS) is 11.3. The van der Waals surface area contributed by atoms with Gasteiger partial charge in [0.1, 0.15) is 17.9 Å². The summed E-state index contributed by atoms with van der Waals surface area (Å²) in [4.78, 5) is 24.1. The fourth-order valence-corrected chi connectivity index (χ4v) is 2.17. The second kappa shape index (κ2) is 6.67. The SMILES string of the molecule is O=C(Nc1cccnc1)c1cnn(CC(F)(F)F)c1-c1cnccn1. The van der Waals surface area contributed by atoms with Gasteiger partial charge in [-0.15, -0.1) is 0 Å². The minimum absolute atomic E-state index is 0.0476. The molecule has 0 aliphatic rings. The molecule has 25 heavy (non-hydrogen) atoms. The Hall–Kier alpha value is -3.30. The van der Waals surface area contributed by atoms with Crippen LogP contribution in [0.25, 0.3) is 11.4 Å². The Bertz CT molecular complexity index is 864. The first-order chi connectivity index (χ1) is 11.9. The zero-order valence-electron chi connectivity index (χ0n) is 12.6. The minimum Gasteiger partial charge on any atom is -0.320 e. The molecule has 1 amide bonds. The Morgan fingerprint density at radius 2 is 1.92 bits per heavy atom. The van der Waals surface area contributed by atoms with Gasteiger partial charge in [-0.05, 0) is 12.1 Å². The summed E-state index contributed by atoms with van der Waals surface area (Å²) < 4.78 is 39.0. The van der Waals surface area contributed by atoms with Crippen LogP contribution in [0.4, 0.5) is 18.9 Å². The van der Waals surface area contributed by atoms with Gasteiger partial charge in [-0.2, -0.15) is 18.3 Å². The first kappa shape index (κ1) is 16.6. The summed E-state index contributed by atoms with van der Waals surface area (Å²) in [6.07, 6.45) is 3.49. The van der Waals surface area contributed by atoms with Crippen molar-refractivity contribution in [1.82, 2.24) is 24.7 Å². The highest BCUT2D eigenvalue weighted by molar-refractivity contribution is 6.07. The van der Waals surface area contributed by atoms with E-state index in [9.17, 15) is 18.0 Å². The number of hydrogen-bond donors (Lipinski definition) is 1. The minimum atomic E-state index is -4.50. The molecule has 0 saturated heterocycles. The molecule has 0 bridgehead atoms. The summed E-state index contributed by atoms with van der Waals surface area (Å²) in [5.41, 5.74) is 0.405. The van der Waals surface area contributed by atoms with Gasteiger partial charge >= 0.3 is 6.18 Å². The van der Waals surface area contributed by atoms with Crippen LogP contribution in [0.2, 0.25) is 0 Å². The first-order valence-corrected chi connectivity index (χ1v) is 7.04. The summed E-state index contributed by atoms with van der Waals surface area (Å²) >= 11 is 0. The number of nitrogens with zero attached hydrogens (tertiary/aromatic N) is 5. The summed E-state index contributed by atoms with van der Waals surface area (Å²) in [5.74, 6) is -0.623. The maximum absolute atomic E-state index is 12.8. The summed E-state index contributed by atoms with van der Waals surface area (Å²) in [7, 11) is 0. The first-order valence-electron chi connectivity index (χ1n) is 7.04. The van der Waals surface area contributed by atoms with Gasteiger partial charge in [0.25, 0.3) is 5.91 Å². The Balaban J connectivity index is 2.00. The number of rotatable bonds is 4. The molecule has 3 aromatic rings. The highest BCUT2D eigenvalue weighted by atomic mass is 19.4. The lowest BCUT2D eigenvalue weighted by Gasteiger charge is -2.11. The summed E-state index contributed by atoms with van der Waals surface area (Å²) in [6.45, 7) is -1.35. The Morgan fingerprint density at radius 1 is 1.12 bits per heavy atom. The van der Waals surface area contributed by atoms with Crippen LogP contribution >= 0.6 is 0 Å². The van der Waals surface area contributed by atoms with Crippen molar-refractivity contribution in [2.75, 3.05) is 5.32 Å². The molecule has 0 aliphatic heterocycles. The molecule has 10 heteroatoms. The number of carbonyl (C=O) groups is 1. The van der Waals surface area contributed by atoms with Crippen LogP contribution in [0, 0.1) is 0 Å². The third kappa shape index (κ3) is 3.97. The molecule has 0 aliphatic carbocycles. The number of amides is 1. The Labute approximate surface area is 139 Å². The van der Waals surface area contributed by atoms with Crippen LogP contribution in [0.15, 0.2) is 49.3 Å². The predicted octanol–water partition coefficient (Wildman–Crippen LogP) is 2.55. The molecule has 0 spiro atoms. The fraction of sp³-hybridized carbons (Fsp3) is 0.133. The molecule has 1 N–H and O–H groups in total. The monoisotopic (exact) mass is 348 g/mol. The van der Waals surface area contributed by atoms with E-state index in [0.717, 1.165) is 6.20 Å². The van der Waals surface area contributed by atoms with Gasteiger partial charge in [0, 0.05) is 18.6 Å². The second-order valence-corrected chi connectivity index (χ2v) is 4.97. The molecule has 0 saturated carbocycles. The molecular formula is C15H11F3N6O. The average molecular weight is 348 g/mol. The molecule has 0 atom stereocenters. The number of pyridine rings is 1. The zero-order valence-corrected chi connectivity index (χ0v) is 12.6. The molecule has 0 fully saturated rings. The van der Waals surface area contributed by atoms with E-state index < -0.39 is 18.6 Å². The van der Waals surface area contributed by atoms with E-state index in [-0.39, 0.29) is 17.0 Å². The third-order valence-electron chi connectivity index (χ3n) is 3.14. The Morgan fingerprint density at radius 3 is 2.56 bits per heavy atom. The number of anilines is 1. The van der Waals surface area contributed by atoms with Crippen molar-refractivity contribution >= 4 is 11.6 Å². The van der Waals surface area contributed by atoms with E-state index in [1.165, 1.54) is 31.0 Å². The number of aromatic nitrogens is 5. The second-order valence-electron chi connectivity index (χ2n) is 4.97. The highest BCUT2D eigenvalue weighted by Gasteiger charge is 2.31. The number of carbonyl (C=O) groups excluding carboxylic acids is 1. The third-order valence-corrected chi connectivity index (χ3v) is 3.14. The summed E-state index contributed by atoms with van der Waals surface area (Å²) in [6, 6.07) is 3.22. The molecule has 0 radical (unpaired) electrons. The van der Waals surface area contributed by atoms with E-state index in [1.54, 1.807) is 12.1 Å². The van der Waals surface area contributed by atoms with Crippen molar-refractivity contribution < 1.29 is 18.0 Å².